The van der Waals surface area contributed by atoms with Crippen LogP contribution in [0.5, 0.6) is 0 Å². The van der Waals surface area contributed by atoms with E-state index in [4.69, 9.17) is 14.4 Å². The van der Waals surface area contributed by atoms with E-state index in [1.807, 2.05) is 36.4 Å². The fourth-order valence-electron chi connectivity index (χ4n) is 4.53. The lowest BCUT2D eigenvalue weighted by atomic mass is 9.87. The summed E-state index contributed by atoms with van der Waals surface area (Å²) in [5.74, 6) is -1.95. The second-order valence-corrected chi connectivity index (χ2v) is 8.62. The molecule has 1 aliphatic heterocycles. The number of hydrogen-bond acceptors (Lipinski definition) is 6. The molecule has 2 amide bonds. The second-order valence-electron chi connectivity index (χ2n) is 8.62. The largest absolute Gasteiger partial charge is 0.481 e. The molecule has 1 atom stereocenters. The maximum Gasteiger partial charge on any atom is 0.414 e. The number of amides is 2. The summed E-state index contributed by atoms with van der Waals surface area (Å²) >= 11 is 0. The van der Waals surface area contributed by atoms with Gasteiger partial charge >= 0.3 is 12.1 Å². The summed E-state index contributed by atoms with van der Waals surface area (Å²) in [6.45, 7) is 2.46. The Morgan fingerprint density at radius 1 is 1.12 bits per heavy atom. The van der Waals surface area contributed by atoms with Crippen molar-refractivity contribution in [2.75, 3.05) is 25.0 Å². The minimum atomic E-state index is -0.881. The molecule has 1 unspecified atom stereocenters. The summed E-state index contributed by atoms with van der Waals surface area (Å²) in [6, 6.07) is 17.4. The summed E-state index contributed by atoms with van der Waals surface area (Å²) in [5.41, 5.74) is 4.52. The molecule has 5 rings (SSSR count). The number of carbonyl (C=O) groups is 3. The van der Waals surface area contributed by atoms with Crippen LogP contribution in [0.25, 0.3) is 11.1 Å². The molecule has 1 aromatic heterocycles. The number of benzene rings is 2. The summed E-state index contributed by atoms with van der Waals surface area (Å²) in [5, 5.41) is 15.3. The molecule has 2 heterocycles. The van der Waals surface area contributed by atoms with Gasteiger partial charge in [-0.15, -0.1) is 0 Å². The first-order valence-corrected chi connectivity index (χ1v) is 11.0. The molecule has 9 nitrogen and oxygen atoms in total. The Labute approximate surface area is 195 Å². The van der Waals surface area contributed by atoms with E-state index >= 15 is 0 Å². The normalized spacial score (nSPS) is 15.7. The highest BCUT2D eigenvalue weighted by molar-refractivity contribution is 5.94. The molecule has 3 aromatic rings. The van der Waals surface area contributed by atoms with Crippen molar-refractivity contribution >= 4 is 23.9 Å². The average Bonchev–Trinajstić information content (AvgIpc) is 3.39. The van der Waals surface area contributed by atoms with Crippen LogP contribution < -0.4 is 5.32 Å². The van der Waals surface area contributed by atoms with Crippen LogP contribution in [0.4, 0.5) is 10.7 Å². The van der Waals surface area contributed by atoms with Crippen LogP contribution >= 0.6 is 0 Å². The Morgan fingerprint density at radius 2 is 1.74 bits per heavy atom. The molecular formula is C25H23N3O6. The van der Waals surface area contributed by atoms with Gasteiger partial charge in [0.1, 0.15) is 6.61 Å². The van der Waals surface area contributed by atoms with E-state index in [-0.39, 0.29) is 35.9 Å². The van der Waals surface area contributed by atoms with Crippen LogP contribution in [0.15, 0.2) is 59.1 Å². The quantitative estimate of drug-likeness (QED) is 0.572. The maximum atomic E-state index is 12.5. The number of likely N-dealkylation sites (tertiary alicyclic amines) is 1. The molecule has 1 saturated heterocycles. The van der Waals surface area contributed by atoms with Crippen LogP contribution in [0.3, 0.4) is 0 Å². The van der Waals surface area contributed by atoms with Gasteiger partial charge < -0.3 is 19.3 Å². The zero-order chi connectivity index (χ0) is 23.8. The minimum Gasteiger partial charge on any atom is -0.481 e. The van der Waals surface area contributed by atoms with Crippen molar-refractivity contribution in [3.05, 3.63) is 71.4 Å². The Kier molecular flexibility index (Phi) is 5.53. The fraction of sp³-hybridized carbons (Fsp3) is 0.280. The number of fused-ring (bicyclic) bond motifs is 3. The third-order valence-corrected chi connectivity index (χ3v) is 6.59. The summed E-state index contributed by atoms with van der Waals surface area (Å²) in [6.07, 6.45) is -0.712. The van der Waals surface area contributed by atoms with Gasteiger partial charge in [-0.25, -0.2) is 4.79 Å². The number of carbonyl (C=O) groups excluding carboxylic acids is 2. The van der Waals surface area contributed by atoms with Crippen LogP contribution in [0.2, 0.25) is 0 Å². The lowest BCUT2D eigenvalue weighted by molar-refractivity contribution is -0.144. The highest BCUT2D eigenvalue weighted by Crippen LogP contribution is 2.44. The van der Waals surface area contributed by atoms with E-state index < -0.39 is 18.0 Å². The Morgan fingerprint density at radius 3 is 2.35 bits per heavy atom. The molecule has 0 saturated carbocycles. The molecule has 2 aliphatic rings. The van der Waals surface area contributed by atoms with E-state index in [1.54, 1.807) is 6.92 Å². The molecular weight excluding hydrogens is 438 g/mol. The van der Waals surface area contributed by atoms with Gasteiger partial charge in [0.25, 0.3) is 5.91 Å². The van der Waals surface area contributed by atoms with Gasteiger partial charge in [0.2, 0.25) is 5.88 Å². The zero-order valence-electron chi connectivity index (χ0n) is 18.4. The van der Waals surface area contributed by atoms with Crippen molar-refractivity contribution in [3.63, 3.8) is 0 Å². The first-order chi connectivity index (χ1) is 16.4. The van der Waals surface area contributed by atoms with E-state index in [0.717, 1.165) is 22.3 Å². The smallest absolute Gasteiger partial charge is 0.414 e. The van der Waals surface area contributed by atoms with Crippen molar-refractivity contribution in [2.24, 2.45) is 11.8 Å². The summed E-state index contributed by atoms with van der Waals surface area (Å²) < 4.78 is 10.5. The fourth-order valence-corrected chi connectivity index (χ4v) is 4.53. The van der Waals surface area contributed by atoms with Gasteiger partial charge in [0.15, 0.2) is 5.69 Å². The molecule has 1 fully saturated rings. The number of aromatic nitrogens is 1. The van der Waals surface area contributed by atoms with E-state index in [1.165, 1.54) is 11.0 Å². The summed E-state index contributed by atoms with van der Waals surface area (Å²) in [4.78, 5) is 37.5. The average molecular weight is 461 g/mol. The highest BCUT2D eigenvalue weighted by atomic mass is 16.6. The van der Waals surface area contributed by atoms with Crippen molar-refractivity contribution in [1.82, 2.24) is 10.1 Å². The first kappa shape index (κ1) is 21.7. The first-order valence-electron chi connectivity index (χ1n) is 11.0. The molecule has 2 N–H and O–H groups in total. The standard InChI is InChI=1S/C25H23N3O6/c1-14(24(30)31)15-11-28(12-15)23(29)21-10-22(34-27-21)26-25(32)33-13-20-18-8-4-2-6-16(18)17-7-3-5-9-19(17)20/h2-10,14-15,20H,11-13H2,1H3,(H,26,32)(H,30,31). The third kappa shape index (κ3) is 3.89. The second kappa shape index (κ2) is 8.66. The molecule has 174 valence electrons. The molecule has 1 aliphatic carbocycles. The van der Waals surface area contributed by atoms with Crippen LogP contribution in [0.1, 0.15) is 34.5 Å². The van der Waals surface area contributed by atoms with Crippen molar-refractivity contribution in [2.45, 2.75) is 12.8 Å². The Hall–Kier alpha value is -4.14. The van der Waals surface area contributed by atoms with Gasteiger partial charge in [-0.2, -0.15) is 0 Å². The molecule has 34 heavy (non-hydrogen) atoms. The molecule has 0 spiro atoms. The topological polar surface area (TPSA) is 122 Å². The van der Waals surface area contributed by atoms with Crippen molar-refractivity contribution < 1.29 is 28.8 Å². The van der Waals surface area contributed by atoms with Gasteiger partial charge in [-0.05, 0) is 22.3 Å². The molecule has 0 bridgehead atoms. The van der Waals surface area contributed by atoms with Gasteiger partial charge in [0.05, 0.1) is 5.92 Å². The van der Waals surface area contributed by atoms with E-state index in [2.05, 4.69) is 22.6 Å². The number of carboxylic acid groups (broad SMARTS) is 1. The number of rotatable bonds is 6. The Balaban J connectivity index is 1.17. The molecule has 9 heteroatoms. The maximum absolute atomic E-state index is 12.5. The minimum absolute atomic E-state index is 0.00319. The number of aliphatic carboxylic acids is 1. The molecule has 0 radical (unpaired) electrons. The summed E-state index contributed by atoms with van der Waals surface area (Å²) in [7, 11) is 0. The number of nitrogens with zero attached hydrogens (tertiary/aromatic N) is 2. The lowest BCUT2D eigenvalue weighted by Crippen LogP contribution is -2.53. The van der Waals surface area contributed by atoms with Crippen molar-refractivity contribution in [1.29, 1.82) is 0 Å². The number of carboxylic acids is 1. The highest BCUT2D eigenvalue weighted by Gasteiger charge is 2.38. The predicted molar refractivity (Wildman–Crippen MR) is 121 cm³/mol. The lowest BCUT2D eigenvalue weighted by Gasteiger charge is -2.40. The van der Waals surface area contributed by atoms with Crippen LogP contribution in [-0.2, 0) is 9.53 Å². The van der Waals surface area contributed by atoms with Crippen molar-refractivity contribution in [3.8, 4) is 11.1 Å². The van der Waals surface area contributed by atoms with Gasteiger partial charge in [-0.3, -0.25) is 14.9 Å². The van der Waals surface area contributed by atoms with Gasteiger partial charge in [0, 0.05) is 31.0 Å². The van der Waals surface area contributed by atoms with Gasteiger partial charge in [-0.1, -0.05) is 60.6 Å². The molecule has 2 aromatic carbocycles. The van der Waals surface area contributed by atoms with Crippen LogP contribution in [-0.4, -0.2) is 52.8 Å². The van der Waals surface area contributed by atoms with Crippen LogP contribution in [0, 0.1) is 11.8 Å². The monoisotopic (exact) mass is 461 g/mol. The number of nitrogens with one attached hydrogen (secondary N) is 1. The number of anilines is 1. The zero-order valence-corrected chi connectivity index (χ0v) is 18.4. The number of ether oxygens (including phenoxy) is 1. The third-order valence-electron chi connectivity index (χ3n) is 6.59. The number of hydrogen-bond donors (Lipinski definition) is 2. The Bertz CT molecular complexity index is 1220. The predicted octanol–water partition coefficient (Wildman–Crippen LogP) is 3.83. The van der Waals surface area contributed by atoms with E-state index in [0.29, 0.717) is 13.1 Å². The van der Waals surface area contributed by atoms with E-state index in [9.17, 15) is 14.4 Å². The SMILES string of the molecule is CC(C(=O)O)C1CN(C(=O)c2cc(NC(=O)OCC3c4ccccc4-c4ccccc43)on2)C1.